The second kappa shape index (κ2) is 7.62. The van der Waals surface area contributed by atoms with Crippen LogP contribution in [0.1, 0.15) is 40.7 Å². The van der Waals surface area contributed by atoms with Crippen LogP contribution in [0.25, 0.3) is 11.5 Å². The molecule has 150 valence electrons. The van der Waals surface area contributed by atoms with Crippen molar-refractivity contribution in [3.05, 3.63) is 65.1 Å². The van der Waals surface area contributed by atoms with Gasteiger partial charge < -0.3 is 14.1 Å². The van der Waals surface area contributed by atoms with Gasteiger partial charge in [0.15, 0.2) is 11.6 Å². The van der Waals surface area contributed by atoms with E-state index in [9.17, 15) is 13.6 Å². The number of ether oxygens (including phenoxy) is 1. The van der Waals surface area contributed by atoms with Crippen molar-refractivity contribution in [2.75, 3.05) is 13.7 Å². The molecule has 2 heterocycles. The first-order valence-electron chi connectivity index (χ1n) is 9.23. The molecular weight excluding hydrogens is 380 g/mol. The van der Waals surface area contributed by atoms with E-state index >= 15 is 0 Å². The lowest BCUT2D eigenvalue weighted by Crippen LogP contribution is -2.31. The fourth-order valence-corrected chi connectivity index (χ4v) is 3.47. The molecule has 0 bridgehead atoms. The van der Waals surface area contributed by atoms with Gasteiger partial charge in [0, 0.05) is 12.1 Å². The van der Waals surface area contributed by atoms with Gasteiger partial charge >= 0.3 is 0 Å². The van der Waals surface area contributed by atoms with Crippen LogP contribution in [0.4, 0.5) is 8.78 Å². The van der Waals surface area contributed by atoms with E-state index in [4.69, 9.17) is 9.15 Å². The number of nitrogens with zero attached hydrogens (tertiary/aromatic N) is 3. The first-order chi connectivity index (χ1) is 14.0. The fourth-order valence-electron chi connectivity index (χ4n) is 3.47. The molecular formula is C21H19F2N3O3. The quantitative estimate of drug-likeness (QED) is 0.654. The van der Waals surface area contributed by atoms with Crippen LogP contribution >= 0.6 is 0 Å². The van der Waals surface area contributed by atoms with Gasteiger partial charge in [-0.25, -0.2) is 8.78 Å². The highest BCUT2D eigenvalue weighted by Gasteiger charge is 2.36. The summed E-state index contributed by atoms with van der Waals surface area (Å²) in [5.41, 5.74) is 0.537. The third-order valence-corrected chi connectivity index (χ3v) is 5.06. The van der Waals surface area contributed by atoms with Crippen molar-refractivity contribution >= 4 is 5.91 Å². The zero-order valence-corrected chi connectivity index (χ0v) is 16.0. The third-order valence-electron chi connectivity index (χ3n) is 5.06. The zero-order chi connectivity index (χ0) is 20.5. The highest BCUT2D eigenvalue weighted by atomic mass is 19.2. The molecule has 0 aliphatic carbocycles. The molecule has 2 aromatic carbocycles. The van der Waals surface area contributed by atoms with E-state index < -0.39 is 23.6 Å². The average molecular weight is 399 g/mol. The van der Waals surface area contributed by atoms with Gasteiger partial charge in [0.2, 0.25) is 11.8 Å². The predicted molar refractivity (Wildman–Crippen MR) is 100 cm³/mol. The highest BCUT2D eigenvalue weighted by molar-refractivity contribution is 5.95. The molecule has 1 amide bonds. The maximum atomic E-state index is 14.3. The molecule has 0 saturated carbocycles. The van der Waals surface area contributed by atoms with E-state index in [1.54, 1.807) is 25.3 Å². The first-order valence-corrected chi connectivity index (χ1v) is 9.23. The van der Waals surface area contributed by atoms with Crippen LogP contribution in [0.5, 0.6) is 5.75 Å². The molecule has 6 nitrogen and oxygen atoms in total. The SMILES string of the molecule is COc1cccc(-c2nnc(C3CCCN3C(=O)c3ccc(C)c(F)c3F)o2)c1. The number of carbonyl (C=O) groups excluding carboxylic acids is 1. The van der Waals surface area contributed by atoms with Crippen molar-refractivity contribution in [1.82, 2.24) is 15.1 Å². The van der Waals surface area contributed by atoms with Crippen LogP contribution in [0.3, 0.4) is 0 Å². The summed E-state index contributed by atoms with van der Waals surface area (Å²) in [4.78, 5) is 14.3. The van der Waals surface area contributed by atoms with Crippen LogP contribution in [-0.2, 0) is 0 Å². The lowest BCUT2D eigenvalue weighted by molar-refractivity contribution is 0.0710. The molecule has 0 N–H and O–H groups in total. The number of carbonyl (C=O) groups is 1. The van der Waals surface area contributed by atoms with E-state index in [2.05, 4.69) is 10.2 Å². The Bertz CT molecular complexity index is 1070. The zero-order valence-electron chi connectivity index (χ0n) is 16.0. The molecule has 1 fully saturated rings. The highest BCUT2D eigenvalue weighted by Crippen LogP contribution is 2.34. The fraction of sp³-hybridized carbons (Fsp3) is 0.286. The number of amides is 1. The molecule has 0 spiro atoms. The summed E-state index contributed by atoms with van der Waals surface area (Å²) in [6, 6.07) is 9.39. The number of benzene rings is 2. The van der Waals surface area contributed by atoms with Crippen LogP contribution in [-0.4, -0.2) is 34.7 Å². The second-order valence-corrected chi connectivity index (χ2v) is 6.89. The molecule has 1 saturated heterocycles. The molecule has 29 heavy (non-hydrogen) atoms. The normalized spacial score (nSPS) is 16.3. The molecule has 3 aromatic rings. The predicted octanol–water partition coefficient (Wildman–Crippen LogP) is 4.31. The monoisotopic (exact) mass is 399 g/mol. The number of likely N-dealkylation sites (tertiary alicyclic amines) is 1. The van der Waals surface area contributed by atoms with Crippen LogP contribution in [0.15, 0.2) is 40.8 Å². The molecule has 8 heteroatoms. The summed E-state index contributed by atoms with van der Waals surface area (Å²) in [7, 11) is 1.56. The molecule has 1 aliphatic rings. The van der Waals surface area contributed by atoms with E-state index in [-0.39, 0.29) is 17.0 Å². The lowest BCUT2D eigenvalue weighted by atomic mass is 10.1. The Labute approximate surface area is 166 Å². The van der Waals surface area contributed by atoms with Gasteiger partial charge in [-0.05, 0) is 49.6 Å². The smallest absolute Gasteiger partial charge is 0.257 e. The minimum Gasteiger partial charge on any atom is -0.497 e. The van der Waals surface area contributed by atoms with Crippen LogP contribution in [0.2, 0.25) is 0 Å². The number of rotatable bonds is 4. The number of hydrogen-bond acceptors (Lipinski definition) is 5. The van der Waals surface area contributed by atoms with Crippen molar-refractivity contribution in [1.29, 1.82) is 0 Å². The topological polar surface area (TPSA) is 68.5 Å². The van der Waals surface area contributed by atoms with Crippen molar-refractivity contribution in [2.24, 2.45) is 0 Å². The minimum absolute atomic E-state index is 0.150. The summed E-state index contributed by atoms with van der Waals surface area (Å²) in [5, 5.41) is 8.16. The second-order valence-electron chi connectivity index (χ2n) is 6.89. The Morgan fingerprint density at radius 1 is 1.21 bits per heavy atom. The van der Waals surface area contributed by atoms with Gasteiger partial charge in [-0.3, -0.25) is 4.79 Å². The van der Waals surface area contributed by atoms with Crippen molar-refractivity contribution < 1.29 is 22.7 Å². The Hall–Kier alpha value is -3.29. The Kier molecular flexibility index (Phi) is 5.00. The van der Waals surface area contributed by atoms with Crippen molar-refractivity contribution in [3.8, 4) is 17.2 Å². The molecule has 1 aliphatic heterocycles. The van der Waals surface area contributed by atoms with Crippen molar-refractivity contribution in [3.63, 3.8) is 0 Å². The largest absolute Gasteiger partial charge is 0.497 e. The maximum Gasteiger partial charge on any atom is 0.257 e. The Morgan fingerprint density at radius 3 is 2.83 bits per heavy atom. The van der Waals surface area contributed by atoms with Crippen LogP contribution < -0.4 is 4.74 Å². The number of hydrogen-bond donors (Lipinski definition) is 0. The Balaban J connectivity index is 1.62. The lowest BCUT2D eigenvalue weighted by Gasteiger charge is -2.22. The molecule has 4 rings (SSSR count). The van der Waals surface area contributed by atoms with Crippen LogP contribution in [0, 0.1) is 18.6 Å². The number of halogens is 2. The van der Waals surface area contributed by atoms with Gasteiger partial charge in [0.1, 0.15) is 11.8 Å². The number of aryl methyl sites for hydroxylation is 1. The molecule has 1 atom stereocenters. The molecule has 1 aromatic heterocycles. The third kappa shape index (κ3) is 3.46. The number of aromatic nitrogens is 2. The van der Waals surface area contributed by atoms with Gasteiger partial charge in [-0.15, -0.1) is 10.2 Å². The average Bonchev–Trinajstić information content (AvgIpc) is 3.41. The maximum absolute atomic E-state index is 14.3. The van der Waals surface area contributed by atoms with Gasteiger partial charge in [0.25, 0.3) is 5.91 Å². The van der Waals surface area contributed by atoms with Crippen molar-refractivity contribution in [2.45, 2.75) is 25.8 Å². The molecule has 0 radical (unpaired) electrons. The van der Waals surface area contributed by atoms with Gasteiger partial charge in [-0.1, -0.05) is 12.1 Å². The van der Waals surface area contributed by atoms with E-state index in [1.165, 1.54) is 24.0 Å². The van der Waals surface area contributed by atoms with Gasteiger partial charge in [0.05, 0.1) is 12.7 Å². The van der Waals surface area contributed by atoms with Gasteiger partial charge in [-0.2, -0.15) is 0 Å². The van der Waals surface area contributed by atoms with E-state index in [0.29, 0.717) is 36.6 Å². The van der Waals surface area contributed by atoms with E-state index in [0.717, 1.165) is 0 Å². The summed E-state index contributed by atoms with van der Waals surface area (Å²) in [6.07, 6.45) is 1.30. The Morgan fingerprint density at radius 2 is 2.03 bits per heavy atom. The summed E-state index contributed by atoms with van der Waals surface area (Å²) in [5.74, 6) is -1.53. The van der Waals surface area contributed by atoms with E-state index in [1.807, 2.05) is 6.07 Å². The minimum atomic E-state index is -1.14. The summed E-state index contributed by atoms with van der Waals surface area (Å²) in [6.45, 7) is 1.85. The standard InChI is InChI=1S/C21H19F2N3O3/c1-12-8-9-15(18(23)17(12)22)21(27)26-10-4-7-16(26)20-25-24-19(29-20)13-5-3-6-14(11-13)28-2/h3,5-6,8-9,11,16H,4,7,10H2,1-2H3. The molecule has 1 unspecified atom stereocenters. The summed E-state index contributed by atoms with van der Waals surface area (Å²) < 4.78 is 39.2. The number of methoxy groups -OCH3 is 1. The first kappa shape index (κ1) is 19.0. The summed E-state index contributed by atoms with van der Waals surface area (Å²) >= 11 is 0.